The van der Waals surface area contributed by atoms with Crippen LogP contribution in [0.1, 0.15) is 46.5 Å². The lowest BCUT2D eigenvalue weighted by Crippen LogP contribution is -2.44. The van der Waals surface area contributed by atoms with Gasteiger partial charge in [-0.2, -0.15) is 4.99 Å². The number of nitrogens with zero attached hydrogens (tertiary/aromatic N) is 2. The molecule has 1 heterocycles. The Hall–Kier alpha value is -1.10. The molecule has 1 unspecified atom stereocenters. The average Bonchev–Trinajstić information content (AvgIpc) is 2.43. The molecule has 110 valence electrons. The van der Waals surface area contributed by atoms with Gasteiger partial charge in [-0.1, -0.05) is 26.7 Å². The second kappa shape index (κ2) is 8.91. The molecule has 0 bridgehead atoms. The third-order valence-corrected chi connectivity index (χ3v) is 3.28. The summed E-state index contributed by atoms with van der Waals surface area (Å²) >= 11 is 0. The van der Waals surface area contributed by atoms with E-state index in [1.807, 2.05) is 6.92 Å². The van der Waals surface area contributed by atoms with Crippen molar-refractivity contribution >= 4 is 11.9 Å². The van der Waals surface area contributed by atoms with Crippen LogP contribution in [0.15, 0.2) is 4.99 Å². The molecule has 0 aromatic heterocycles. The van der Waals surface area contributed by atoms with E-state index in [0.717, 1.165) is 44.6 Å². The fourth-order valence-electron chi connectivity index (χ4n) is 2.01. The second-order valence-electron chi connectivity index (χ2n) is 4.83. The number of hydrogen-bond acceptors (Lipinski definition) is 3. The highest BCUT2D eigenvalue weighted by Crippen LogP contribution is 2.09. The van der Waals surface area contributed by atoms with Gasteiger partial charge in [-0.15, -0.1) is 0 Å². The molecule has 1 fully saturated rings. The number of carbonyl (C=O) groups excluding carboxylic acids is 1. The molecule has 1 saturated heterocycles. The molecule has 1 amide bonds. The third kappa shape index (κ3) is 6.05. The van der Waals surface area contributed by atoms with Crippen LogP contribution in [0.5, 0.6) is 0 Å². The van der Waals surface area contributed by atoms with Crippen LogP contribution in [0, 0.1) is 0 Å². The van der Waals surface area contributed by atoms with Gasteiger partial charge in [-0.3, -0.25) is 0 Å². The largest absolute Gasteiger partial charge is 0.448 e. The van der Waals surface area contributed by atoms with Crippen LogP contribution in [0.25, 0.3) is 0 Å². The van der Waals surface area contributed by atoms with Gasteiger partial charge in [0.1, 0.15) is 5.84 Å². The van der Waals surface area contributed by atoms with Gasteiger partial charge < -0.3 is 14.4 Å². The van der Waals surface area contributed by atoms with Crippen molar-refractivity contribution in [3.8, 4) is 0 Å². The first-order valence-corrected chi connectivity index (χ1v) is 7.26. The molecule has 5 nitrogen and oxygen atoms in total. The smallest absolute Gasteiger partial charge is 0.435 e. The Morgan fingerprint density at radius 2 is 2.21 bits per heavy atom. The zero-order valence-electron chi connectivity index (χ0n) is 12.4. The first kappa shape index (κ1) is 16.0. The zero-order valence-corrected chi connectivity index (χ0v) is 12.4. The molecule has 0 spiro atoms. The maximum absolute atomic E-state index is 11.5. The molecular weight excluding hydrogens is 244 g/mol. The number of aliphatic imine (C=N–C) groups is 1. The van der Waals surface area contributed by atoms with Gasteiger partial charge in [-0.25, -0.2) is 4.79 Å². The Balaban J connectivity index is 2.35. The summed E-state index contributed by atoms with van der Waals surface area (Å²) in [5.41, 5.74) is 0. The predicted octanol–water partition coefficient (Wildman–Crippen LogP) is 2.84. The van der Waals surface area contributed by atoms with Crippen LogP contribution >= 0.6 is 0 Å². The summed E-state index contributed by atoms with van der Waals surface area (Å²) < 4.78 is 10.7. The van der Waals surface area contributed by atoms with E-state index in [-0.39, 0.29) is 6.10 Å². The summed E-state index contributed by atoms with van der Waals surface area (Å²) in [6.45, 7) is 8.81. The van der Waals surface area contributed by atoms with E-state index in [0.29, 0.717) is 13.2 Å². The molecule has 0 aliphatic carbocycles. The summed E-state index contributed by atoms with van der Waals surface area (Å²) in [6.07, 6.45) is 3.84. The van der Waals surface area contributed by atoms with E-state index >= 15 is 0 Å². The second-order valence-corrected chi connectivity index (χ2v) is 4.83. The summed E-state index contributed by atoms with van der Waals surface area (Å²) in [4.78, 5) is 17.6. The van der Waals surface area contributed by atoms with E-state index in [9.17, 15) is 4.79 Å². The molecule has 1 rings (SSSR count). The molecule has 0 radical (unpaired) electrons. The van der Waals surface area contributed by atoms with Gasteiger partial charge in [0.25, 0.3) is 0 Å². The lowest BCUT2D eigenvalue weighted by Gasteiger charge is -2.33. The highest BCUT2D eigenvalue weighted by Gasteiger charge is 2.20. The van der Waals surface area contributed by atoms with Gasteiger partial charge in [0.2, 0.25) is 0 Å². The molecule has 1 aliphatic heterocycles. The van der Waals surface area contributed by atoms with E-state index in [2.05, 4.69) is 23.7 Å². The highest BCUT2D eigenvalue weighted by molar-refractivity contribution is 5.90. The summed E-state index contributed by atoms with van der Waals surface area (Å²) in [6, 6.07) is 0. The Bertz CT molecular complexity index is 305. The first-order valence-electron chi connectivity index (χ1n) is 7.26. The number of morpholine rings is 1. The van der Waals surface area contributed by atoms with Gasteiger partial charge in [0, 0.05) is 13.1 Å². The SMILES string of the molecule is CCCCCOC(=O)N=C(C)N1CCOC(CC)C1. The van der Waals surface area contributed by atoms with Gasteiger partial charge in [0.15, 0.2) is 0 Å². The van der Waals surface area contributed by atoms with E-state index in [1.54, 1.807) is 0 Å². The number of ether oxygens (including phenoxy) is 2. The van der Waals surface area contributed by atoms with Gasteiger partial charge in [-0.05, 0) is 19.8 Å². The van der Waals surface area contributed by atoms with Crippen LogP contribution in [0.2, 0.25) is 0 Å². The molecule has 0 saturated carbocycles. The van der Waals surface area contributed by atoms with Crippen molar-refractivity contribution in [3.05, 3.63) is 0 Å². The standard InChI is InChI=1S/C14H26N2O3/c1-4-6-7-9-19-14(17)15-12(3)16-8-10-18-13(5-2)11-16/h13H,4-11H2,1-3H3. The van der Waals surface area contributed by atoms with Crippen molar-refractivity contribution in [1.82, 2.24) is 4.90 Å². The molecule has 5 heteroatoms. The maximum Gasteiger partial charge on any atom is 0.435 e. The lowest BCUT2D eigenvalue weighted by atomic mass is 10.2. The van der Waals surface area contributed by atoms with Crippen LogP contribution in [-0.4, -0.2) is 49.2 Å². The molecule has 1 atom stereocenters. The summed E-state index contributed by atoms with van der Waals surface area (Å²) in [7, 11) is 0. The minimum atomic E-state index is -0.479. The zero-order chi connectivity index (χ0) is 14.1. The number of amides is 1. The summed E-state index contributed by atoms with van der Waals surface area (Å²) in [5, 5.41) is 0. The van der Waals surface area contributed by atoms with Gasteiger partial charge in [0.05, 0.1) is 19.3 Å². The number of unbranched alkanes of at least 4 members (excludes halogenated alkanes) is 2. The topological polar surface area (TPSA) is 51.1 Å². The Kier molecular flexibility index (Phi) is 7.48. The Morgan fingerprint density at radius 3 is 2.89 bits per heavy atom. The van der Waals surface area contributed by atoms with Crippen LogP contribution in [-0.2, 0) is 9.47 Å². The van der Waals surface area contributed by atoms with Crippen molar-refractivity contribution in [2.24, 2.45) is 4.99 Å². The van der Waals surface area contributed by atoms with Crippen molar-refractivity contribution in [2.45, 2.75) is 52.6 Å². The molecule has 0 aromatic carbocycles. The minimum Gasteiger partial charge on any atom is -0.448 e. The number of carbonyl (C=O) groups is 1. The van der Waals surface area contributed by atoms with Crippen LogP contribution in [0.4, 0.5) is 4.79 Å². The Morgan fingerprint density at radius 1 is 1.42 bits per heavy atom. The van der Waals surface area contributed by atoms with Gasteiger partial charge >= 0.3 is 6.09 Å². The van der Waals surface area contributed by atoms with E-state index < -0.39 is 6.09 Å². The molecular formula is C14H26N2O3. The summed E-state index contributed by atoms with van der Waals surface area (Å²) in [5.74, 6) is 0.724. The molecule has 0 N–H and O–H groups in total. The number of rotatable bonds is 5. The lowest BCUT2D eigenvalue weighted by molar-refractivity contribution is -0.00726. The minimum absolute atomic E-state index is 0.236. The fourth-order valence-corrected chi connectivity index (χ4v) is 2.01. The molecule has 1 aliphatic rings. The highest BCUT2D eigenvalue weighted by atomic mass is 16.5. The first-order chi connectivity index (χ1) is 9.17. The van der Waals surface area contributed by atoms with Crippen molar-refractivity contribution < 1.29 is 14.3 Å². The predicted molar refractivity (Wildman–Crippen MR) is 75.6 cm³/mol. The van der Waals surface area contributed by atoms with Crippen molar-refractivity contribution in [1.29, 1.82) is 0 Å². The van der Waals surface area contributed by atoms with E-state index in [1.165, 1.54) is 0 Å². The number of amidine groups is 1. The maximum atomic E-state index is 11.5. The average molecular weight is 270 g/mol. The van der Waals surface area contributed by atoms with Crippen LogP contribution in [0.3, 0.4) is 0 Å². The van der Waals surface area contributed by atoms with E-state index in [4.69, 9.17) is 9.47 Å². The normalized spacial score (nSPS) is 20.5. The molecule has 0 aromatic rings. The third-order valence-electron chi connectivity index (χ3n) is 3.28. The van der Waals surface area contributed by atoms with Crippen LogP contribution < -0.4 is 0 Å². The number of hydrogen-bond donors (Lipinski definition) is 0. The van der Waals surface area contributed by atoms with Crippen molar-refractivity contribution in [3.63, 3.8) is 0 Å². The fraction of sp³-hybridized carbons (Fsp3) is 0.857. The molecule has 19 heavy (non-hydrogen) atoms. The van der Waals surface area contributed by atoms with Crippen molar-refractivity contribution in [2.75, 3.05) is 26.3 Å². The quantitative estimate of drug-likeness (QED) is 0.438. The Labute approximate surface area is 116 Å². The monoisotopic (exact) mass is 270 g/mol.